The first-order valence-electron chi connectivity index (χ1n) is 11.5. The van der Waals surface area contributed by atoms with Gasteiger partial charge in [-0.1, -0.05) is 48.9 Å². The molecule has 192 valence electrons. The second kappa shape index (κ2) is 12.1. The summed E-state index contributed by atoms with van der Waals surface area (Å²) in [5.41, 5.74) is 1.52. The predicted molar refractivity (Wildman–Crippen MR) is 135 cm³/mol. The molecule has 0 heterocycles. The lowest BCUT2D eigenvalue weighted by atomic mass is 10.1. The standard InChI is InChI=1S/C25H35FN4O4S/c1-7-19(3)27-25(32)20(4)29(16-21-12-10-11-18(2)15-21)24(31)17-30(35(33,34)28(5)6)23-14-9-8-13-22(23)26/h8-15,19-20H,7,16-17H2,1-6H3,(H,27,32)/t19-,20-/m1/s1. The molecule has 0 unspecified atom stereocenters. The minimum absolute atomic E-state index is 0.0860. The van der Waals surface area contributed by atoms with Crippen LogP contribution in [0.15, 0.2) is 48.5 Å². The molecular formula is C25H35FN4O4S. The van der Waals surface area contributed by atoms with Gasteiger partial charge in [-0.3, -0.25) is 9.59 Å². The number of nitrogens with one attached hydrogen (secondary N) is 1. The predicted octanol–water partition coefficient (Wildman–Crippen LogP) is 3.08. The molecule has 0 aliphatic heterocycles. The highest BCUT2D eigenvalue weighted by Crippen LogP contribution is 2.24. The summed E-state index contributed by atoms with van der Waals surface area (Å²) in [5, 5.41) is 2.87. The number of benzene rings is 2. The van der Waals surface area contributed by atoms with Crippen molar-refractivity contribution in [1.82, 2.24) is 14.5 Å². The molecule has 0 saturated carbocycles. The minimum atomic E-state index is -4.21. The number of hydrogen-bond donors (Lipinski definition) is 1. The molecule has 2 aromatic carbocycles. The average molecular weight is 507 g/mol. The number of anilines is 1. The Morgan fingerprint density at radius 3 is 2.29 bits per heavy atom. The van der Waals surface area contributed by atoms with Gasteiger partial charge < -0.3 is 10.2 Å². The van der Waals surface area contributed by atoms with Gasteiger partial charge in [0.2, 0.25) is 11.8 Å². The van der Waals surface area contributed by atoms with Crippen LogP contribution >= 0.6 is 0 Å². The van der Waals surface area contributed by atoms with Crippen LogP contribution in [0.5, 0.6) is 0 Å². The van der Waals surface area contributed by atoms with Gasteiger partial charge in [-0.15, -0.1) is 0 Å². The van der Waals surface area contributed by atoms with Crippen molar-refractivity contribution in [2.45, 2.75) is 52.7 Å². The van der Waals surface area contributed by atoms with Crippen molar-refractivity contribution in [3.8, 4) is 0 Å². The number of halogens is 1. The number of aryl methyl sites for hydroxylation is 1. The molecule has 2 aromatic rings. The van der Waals surface area contributed by atoms with Crippen LogP contribution in [0.1, 0.15) is 38.3 Å². The number of nitrogens with zero attached hydrogens (tertiary/aromatic N) is 3. The van der Waals surface area contributed by atoms with E-state index in [1.165, 1.54) is 37.2 Å². The maximum atomic E-state index is 14.6. The maximum Gasteiger partial charge on any atom is 0.304 e. The topological polar surface area (TPSA) is 90.0 Å². The van der Waals surface area contributed by atoms with E-state index in [4.69, 9.17) is 0 Å². The lowest BCUT2D eigenvalue weighted by Crippen LogP contribution is -2.53. The van der Waals surface area contributed by atoms with Gasteiger partial charge >= 0.3 is 10.2 Å². The van der Waals surface area contributed by atoms with Gasteiger partial charge in [-0.25, -0.2) is 8.70 Å². The molecule has 0 bridgehead atoms. The first kappa shape index (κ1) is 28.3. The Hall–Kier alpha value is -2.98. The molecule has 0 radical (unpaired) electrons. The SMILES string of the molecule is CC[C@@H](C)NC(=O)[C@@H](C)N(Cc1cccc(C)c1)C(=O)CN(c1ccccc1F)S(=O)(=O)N(C)C. The highest BCUT2D eigenvalue weighted by Gasteiger charge is 2.33. The van der Waals surface area contributed by atoms with E-state index in [9.17, 15) is 22.4 Å². The fourth-order valence-electron chi connectivity index (χ4n) is 3.41. The van der Waals surface area contributed by atoms with E-state index >= 15 is 0 Å². The molecule has 10 heteroatoms. The van der Waals surface area contributed by atoms with Crippen molar-refractivity contribution in [3.05, 3.63) is 65.5 Å². The van der Waals surface area contributed by atoms with Crippen LogP contribution in [0.4, 0.5) is 10.1 Å². The van der Waals surface area contributed by atoms with Gasteiger partial charge in [0.1, 0.15) is 18.4 Å². The monoisotopic (exact) mass is 506 g/mol. The number of carbonyl (C=O) groups excluding carboxylic acids is 2. The zero-order chi connectivity index (χ0) is 26.3. The highest BCUT2D eigenvalue weighted by atomic mass is 32.2. The number of rotatable bonds is 11. The lowest BCUT2D eigenvalue weighted by Gasteiger charge is -2.33. The van der Waals surface area contributed by atoms with Gasteiger partial charge in [-0.05, 0) is 44.9 Å². The summed E-state index contributed by atoms with van der Waals surface area (Å²) in [6.07, 6.45) is 0.715. The van der Waals surface area contributed by atoms with Crippen LogP contribution in [0.2, 0.25) is 0 Å². The first-order valence-corrected chi connectivity index (χ1v) is 12.9. The van der Waals surface area contributed by atoms with Gasteiger partial charge in [-0.2, -0.15) is 12.7 Å². The van der Waals surface area contributed by atoms with E-state index in [1.807, 2.05) is 45.0 Å². The Kier molecular flexibility index (Phi) is 9.79. The smallest absolute Gasteiger partial charge is 0.304 e. The van der Waals surface area contributed by atoms with Crippen LogP contribution in [0, 0.1) is 12.7 Å². The fraction of sp³-hybridized carbons (Fsp3) is 0.440. The maximum absolute atomic E-state index is 14.6. The molecule has 2 rings (SSSR count). The summed E-state index contributed by atoms with van der Waals surface area (Å²) in [7, 11) is -1.60. The van der Waals surface area contributed by atoms with E-state index in [0.29, 0.717) is 6.42 Å². The molecule has 0 aromatic heterocycles. The zero-order valence-corrected chi connectivity index (χ0v) is 22.0. The Morgan fingerprint density at radius 2 is 1.71 bits per heavy atom. The van der Waals surface area contributed by atoms with Crippen molar-refractivity contribution in [2.75, 3.05) is 24.9 Å². The van der Waals surface area contributed by atoms with Crippen molar-refractivity contribution in [1.29, 1.82) is 0 Å². The van der Waals surface area contributed by atoms with Crippen LogP contribution in [-0.4, -0.2) is 62.2 Å². The van der Waals surface area contributed by atoms with Crippen molar-refractivity contribution in [2.24, 2.45) is 0 Å². The lowest BCUT2D eigenvalue weighted by molar-refractivity contribution is -0.139. The van der Waals surface area contributed by atoms with Crippen LogP contribution < -0.4 is 9.62 Å². The Balaban J connectivity index is 2.47. The summed E-state index contributed by atoms with van der Waals surface area (Å²) in [4.78, 5) is 27.8. The molecule has 0 aliphatic carbocycles. The molecule has 8 nitrogen and oxygen atoms in total. The third kappa shape index (κ3) is 7.25. The molecule has 0 aliphatic rings. The molecule has 0 fully saturated rings. The van der Waals surface area contributed by atoms with Gasteiger partial charge in [0, 0.05) is 26.7 Å². The van der Waals surface area contributed by atoms with Crippen molar-refractivity contribution < 1.29 is 22.4 Å². The molecule has 2 atom stereocenters. The number of para-hydroxylation sites is 1. The largest absolute Gasteiger partial charge is 0.352 e. The second-order valence-electron chi connectivity index (χ2n) is 8.75. The Labute approximate surface area is 207 Å². The average Bonchev–Trinajstić information content (AvgIpc) is 2.80. The molecule has 2 amide bonds. The summed E-state index contributed by atoms with van der Waals surface area (Å²) >= 11 is 0. The molecular weight excluding hydrogens is 471 g/mol. The summed E-state index contributed by atoms with van der Waals surface area (Å²) in [6.45, 7) is 6.72. The second-order valence-corrected chi connectivity index (χ2v) is 10.8. The highest BCUT2D eigenvalue weighted by molar-refractivity contribution is 7.90. The van der Waals surface area contributed by atoms with E-state index in [1.54, 1.807) is 6.92 Å². The summed E-state index contributed by atoms with van der Waals surface area (Å²) in [6, 6.07) is 11.9. The third-order valence-electron chi connectivity index (χ3n) is 5.74. The van der Waals surface area contributed by atoms with E-state index in [0.717, 1.165) is 25.8 Å². The van der Waals surface area contributed by atoms with Gasteiger partial charge in [0.15, 0.2) is 0 Å². The van der Waals surface area contributed by atoms with Crippen LogP contribution in [-0.2, 0) is 26.3 Å². The molecule has 35 heavy (non-hydrogen) atoms. The summed E-state index contributed by atoms with van der Waals surface area (Å²) < 4.78 is 42.4. The van der Waals surface area contributed by atoms with Crippen LogP contribution in [0.3, 0.4) is 0 Å². The fourth-order valence-corrected chi connectivity index (χ4v) is 4.48. The number of amides is 2. The van der Waals surface area contributed by atoms with E-state index in [2.05, 4.69) is 5.32 Å². The van der Waals surface area contributed by atoms with Crippen LogP contribution in [0.25, 0.3) is 0 Å². The quantitative estimate of drug-likeness (QED) is 0.507. The number of carbonyl (C=O) groups is 2. The third-order valence-corrected chi connectivity index (χ3v) is 7.55. The summed E-state index contributed by atoms with van der Waals surface area (Å²) in [5.74, 6) is -1.77. The van der Waals surface area contributed by atoms with E-state index < -0.39 is 34.5 Å². The zero-order valence-electron chi connectivity index (χ0n) is 21.2. The van der Waals surface area contributed by atoms with E-state index in [-0.39, 0.29) is 24.2 Å². The minimum Gasteiger partial charge on any atom is -0.352 e. The van der Waals surface area contributed by atoms with Crippen molar-refractivity contribution >= 4 is 27.7 Å². The molecule has 0 saturated heterocycles. The first-order chi connectivity index (χ1) is 16.4. The van der Waals surface area contributed by atoms with Gasteiger partial charge in [0.25, 0.3) is 0 Å². The van der Waals surface area contributed by atoms with Crippen molar-refractivity contribution in [3.63, 3.8) is 0 Å². The molecule has 1 N–H and O–H groups in total. The number of hydrogen-bond acceptors (Lipinski definition) is 4. The van der Waals surface area contributed by atoms with Gasteiger partial charge in [0.05, 0.1) is 5.69 Å². The Bertz CT molecular complexity index is 1140. The molecule has 0 spiro atoms. The normalized spacial score (nSPS) is 13.3. The Morgan fingerprint density at radius 1 is 1.06 bits per heavy atom.